The fourth-order valence-corrected chi connectivity index (χ4v) is 1.13. The Morgan fingerprint density at radius 1 is 1.29 bits per heavy atom. The van der Waals surface area contributed by atoms with Crippen molar-refractivity contribution in [1.82, 2.24) is 15.5 Å². The van der Waals surface area contributed by atoms with Crippen LogP contribution in [0, 0.1) is 0 Å². The first-order valence-electron chi connectivity index (χ1n) is 5.82. The first-order chi connectivity index (χ1) is 8.11. The summed E-state index contributed by atoms with van der Waals surface area (Å²) in [4.78, 5) is 24.3. The molecule has 6 heteroatoms. The van der Waals surface area contributed by atoms with Crippen LogP contribution in [0.5, 0.6) is 0 Å². The summed E-state index contributed by atoms with van der Waals surface area (Å²) in [6.45, 7) is 4.14. The van der Waals surface area contributed by atoms with Gasteiger partial charge in [0.2, 0.25) is 11.8 Å². The summed E-state index contributed by atoms with van der Waals surface area (Å²) in [6.07, 6.45) is 0.891. The zero-order valence-electron chi connectivity index (χ0n) is 10.9. The molecule has 2 N–H and O–H groups in total. The van der Waals surface area contributed by atoms with Crippen molar-refractivity contribution in [3.8, 4) is 0 Å². The average Bonchev–Trinajstić information content (AvgIpc) is 2.31. The van der Waals surface area contributed by atoms with E-state index in [1.54, 1.807) is 14.2 Å². The third-order valence-corrected chi connectivity index (χ3v) is 2.14. The molecule has 0 aromatic rings. The number of hydrogen-bond donors (Lipinski definition) is 2. The number of nitrogens with one attached hydrogen (secondary N) is 2. The van der Waals surface area contributed by atoms with Gasteiger partial charge in [0.05, 0.1) is 19.7 Å². The van der Waals surface area contributed by atoms with Crippen LogP contribution in [0.15, 0.2) is 0 Å². The third kappa shape index (κ3) is 8.65. The van der Waals surface area contributed by atoms with Crippen molar-refractivity contribution in [3.05, 3.63) is 0 Å². The lowest BCUT2D eigenvalue weighted by Gasteiger charge is -2.17. The molecule has 0 saturated heterocycles. The van der Waals surface area contributed by atoms with Gasteiger partial charge in [-0.25, -0.2) is 0 Å². The molecule has 0 heterocycles. The predicted molar refractivity (Wildman–Crippen MR) is 65.7 cm³/mol. The number of nitrogens with zero attached hydrogens (tertiary/aromatic N) is 1. The Morgan fingerprint density at radius 2 is 2.00 bits per heavy atom. The highest BCUT2D eigenvalue weighted by atomic mass is 16.5. The second-order valence-corrected chi connectivity index (χ2v) is 3.77. The van der Waals surface area contributed by atoms with E-state index in [0.29, 0.717) is 19.7 Å². The molecule has 0 aliphatic carbocycles. The largest absolute Gasteiger partial charge is 0.383 e. The van der Waals surface area contributed by atoms with E-state index in [2.05, 4.69) is 10.6 Å². The predicted octanol–water partition coefficient (Wildman–Crippen LogP) is -0.793. The fourth-order valence-electron chi connectivity index (χ4n) is 1.13. The van der Waals surface area contributed by atoms with Gasteiger partial charge in [-0.3, -0.25) is 9.59 Å². The number of ether oxygens (including phenoxy) is 1. The lowest BCUT2D eigenvalue weighted by molar-refractivity contribution is -0.134. The van der Waals surface area contributed by atoms with E-state index >= 15 is 0 Å². The highest BCUT2D eigenvalue weighted by Gasteiger charge is 2.11. The van der Waals surface area contributed by atoms with Gasteiger partial charge in [-0.2, -0.15) is 0 Å². The molecule has 0 rings (SSSR count). The Morgan fingerprint density at radius 3 is 2.59 bits per heavy atom. The van der Waals surface area contributed by atoms with Crippen molar-refractivity contribution in [1.29, 1.82) is 0 Å². The number of carbonyl (C=O) groups is 2. The van der Waals surface area contributed by atoms with Crippen LogP contribution in [0.25, 0.3) is 0 Å². The zero-order chi connectivity index (χ0) is 13.1. The zero-order valence-corrected chi connectivity index (χ0v) is 10.9. The molecule has 17 heavy (non-hydrogen) atoms. The van der Waals surface area contributed by atoms with Crippen molar-refractivity contribution in [3.63, 3.8) is 0 Å². The second-order valence-electron chi connectivity index (χ2n) is 3.77. The molecule has 0 atom stereocenters. The van der Waals surface area contributed by atoms with Crippen LogP contribution in [0.4, 0.5) is 0 Å². The summed E-state index contributed by atoms with van der Waals surface area (Å²) in [6, 6.07) is 0. The summed E-state index contributed by atoms with van der Waals surface area (Å²) in [7, 11) is 3.22. The Bertz CT molecular complexity index is 234. The lowest BCUT2D eigenvalue weighted by Crippen LogP contribution is -2.42. The molecular weight excluding hydrogens is 222 g/mol. The van der Waals surface area contributed by atoms with E-state index in [1.807, 2.05) is 6.92 Å². The standard InChI is InChI=1S/C11H23N3O3/c1-4-5-13-10(15)9-14(2)11(16)8-12-6-7-17-3/h12H,4-9H2,1-3H3,(H,13,15). The summed E-state index contributed by atoms with van der Waals surface area (Å²) < 4.78 is 4.84. The molecule has 0 aromatic heterocycles. The molecular formula is C11H23N3O3. The van der Waals surface area contributed by atoms with Crippen molar-refractivity contribution < 1.29 is 14.3 Å². The monoisotopic (exact) mass is 245 g/mol. The van der Waals surface area contributed by atoms with Gasteiger partial charge in [0.1, 0.15) is 0 Å². The molecule has 6 nitrogen and oxygen atoms in total. The van der Waals surface area contributed by atoms with E-state index in [0.717, 1.165) is 6.42 Å². The third-order valence-electron chi connectivity index (χ3n) is 2.14. The van der Waals surface area contributed by atoms with Gasteiger partial charge in [0.25, 0.3) is 0 Å². The molecule has 0 fully saturated rings. The Kier molecular flexibility index (Phi) is 9.37. The van der Waals surface area contributed by atoms with Crippen LogP contribution in [0.3, 0.4) is 0 Å². The van der Waals surface area contributed by atoms with E-state index < -0.39 is 0 Å². The van der Waals surface area contributed by atoms with Gasteiger partial charge in [0.15, 0.2) is 0 Å². The number of carbonyl (C=O) groups excluding carboxylic acids is 2. The highest BCUT2D eigenvalue weighted by Crippen LogP contribution is 1.84. The summed E-state index contributed by atoms with van der Waals surface area (Å²) in [5.74, 6) is -0.229. The molecule has 0 aliphatic heterocycles. The Balaban J connectivity index is 3.69. The van der Waals surface area contributed by atoms with Crippen molar-refractivity contribution >= 4 is 11.8 Å². The minimum Gasteiger partial charge on any atom is -0.383 e. The van der Waals surface area contributed by atoms with Gasteiger partial charge in [0, 0.05) is 27.2 Å². The van der Waals surface area contributed by atoms with Gasteiger partial charge in [-0.15, -0.1) is 0 Å². The lowest BCUT2D eigenvalue weighted by atomic mass is 10.4. The van der Waals surface area contributed by atoms with Gasteiger partial charge >= 0.3 is 0 Å². The van der Waals surface area contributed by atoms with Crippen LogP contribution in [-0.4, -0.2) is 63.7 Å². The minimum atomic E-state index is -0.125. The normalized spacial score (nSPS) is 10.1. The first-order valence-corrected chi connectivity index (χ1v) is 5.82. The maximum absolute atomic E-state index is 11.6. The van der Waals surface area contributed by atoms with Crippen LogP contribution >= 0.6 is 0 Å². The highest BCUT2D eigenvalue weighted by molar-refractivity contribution is 5.85. The Hall–Kier alpha value is -1.14. The van der Waals surface area contributed by atoms with E-state index in [-0.39, 0.29) is 24.9 Å². The Labute approximate surface area is 103 Å². The first kappa shape index (κ1) is 15.9. The molecule has 0 aliphatic rings. The minimum absolute atomic E-state index is 0.102. The van der Waals surface area contributed by atoms with Crippen molar-refractivity contribution in [2.75, 3.05) is 46.9 Å². The molecule has 100 valence electrons. The summed E-state index contributed by atoms with van der Waals surface area (Å²) >= 11 is 0. The van der Waals surface area contributed by atoms with E-state index in [4.69, 9.17) is 4.74 Å². The second kappa shape index (κ2) is 10.0. The van der Waals surface area contributed by atoms with Crippen LogP contribution in [0.2, 0.25) is 0 Å². The van der Waals surface area contributed by atoms with Crippen molar-refractivity contribution in [2.45, 2.75) is 13.3 Å². The van der Waals surface area contributed by atoms with E-state index in [1.165, 1.54) is 4.90 Å². The average molecular weight is 245 g/mol. The molecule has 0 radical (unpaired) electrons. The summed E-state index contributed by atoms with van der Waals surface area (Å²) in [5.41, 5.74) is 0. The van der Waals surface area contributed by atoms with Crippen LogP contribution in [-0.2, 0) is 14.3 Å². The van der Waals surface area contributed by atoms with E-state index in [9.17, 15) is 9.59 Å². The number of amides is 2. The molecule has 0 bridgehead atoms. The molecule has 0 unspecified atom stereocenters. The summed E-state index contributed by atoms with van der Waals surface area (Å²) in [5, 5.41) is 5.66. The van der Waals surface area contributed by atoms with Gasteiger partial charge in [-0.05, 0) is 6.42 Å². The fraction of sp³-hybridized carbons (Fsp3) is 0.818. The number of hydrogen-bond acceptors (Lipinski definition) is 4. The molecule has 0 spiro atoms. The maximum Gasteiger partial charge on any atom is 0.239 e. The van der Waals surface area contributed by atoms with Crippen molar-refractivity contribution in [2.24, 2.45) is 0 Å². The van der Waals surface area contributed by atoms with Crippen LogP contribution < -0.4 is 10.6 Å². The topological polar surface area (TPSA) is 70.7 Å². The number of likely N-dealkylation sites (N-methyl/N-ethyl adjacent to an activating group) is 1. The maximum atomic E-state index is 11.6. The molecule has 0 aromatic carbocycles. The SMILES string of the molecule is CCCNC(=O)CN(C)C(=O)CNCCOC. The van der Waals surface area contributed by atoms with Crippen LogP contribution in [0.1, 0.15) is 13.3 Å². The smallest absolute Gasteiger partial charge is 0.239 e. The molecule has 0 saturated carbocycles. The quantitative estimate of drug-likeness (QED) is 0.522. The number of methoxy groups -OCH3 is 1. The number of rotatable bonds is 9. The van der Waals surface area contributed by atoms with Gasteiger partial charge < -0.3 is 20.3 Å². The molecule has 2 amide bonds. The van der Waals surface area contributed by atoms with Gasteiger partial charge in [-0.1, -0.05) is 6.92 Å².